The molecule has 1 saturated carbocycles. The maximum Gasteiger partial charge on any atom is 0.314 e. The van der Waals surface area contributed by atoms with Gasteiger partial charge >= 0.3 is 6.03 Å². The Labute approximate surface area is 137 Å². The van der Waals surface area contributed by atoms with E-state index in [4.69, 9.17) is 4.74 Å². The predicted molar refractivity (Wildman–Crippen MR) is 89.1 cm³/mol. The highest BCUT2D eigenvalue weighted by molar-refractivity contribution is 5.74. The molecule has 2 rings (SSSR count). The fraction of sp³-hybridized carbons (Fsp3) is 0.611. The summed E-state index contributed by atoms with van der Waals surface area (Å²) in [6.45, 7) is 4.81. The molecule has 1 aliphatic rings. The van der Waals surface area contributed by atoms with Crippen LogP contribution in [0.4, 0.5) is 9.18 Å². The zero-order valence-electron chi connectivity index (χ0n) is 13.9. The van der Waals surface area contributed by atoms with Crippen LogP contribution in [-0.4, -0.2) is 32.3 Å². The molecule has 0 atom stereocenters. The van der Waals surface area contributed by atoms with Gasteiger partial charge in [0, 0.05) is 31.7 Å². The van der Waals surface area contributed by atoms with E-state index in [0.717, 1.165) is 44.3 Å². The van der Waals surface area contributed by atoms with Crippen molar-refractivity contribution >= 4 is 6.03 Å². The Bertz CT molecular complexity index is 486. The van der Waals surface area contributed by atoms with Crippen molar-refractivity contribution in [2.45, 2.75) is 44.4 Å². The van der Waals surface area contributed by atoms with Gasteiger partial charge in [0.2, 0.25) is 0 Å². The Morgan fingerprint density at radius 1 is 1.17 bits per heavy atom. The zero-order valence-corrected chi connectivity index (χ0v) is 13.9. The third kappa shape index (κ3) is 5.82. The number of hydrogen-bond acceptors (Lipinski definition) is 2. The van der Waals surface area contributed by atoms with Crippen LogP contribution in [0.15, 0.2) is 24.3 Å². The highest BCUT2D eigenvalue weighted by Gasteiger charge is 2.44. The van der Waals surface area contributed by atoms with E-state index in [1.807, 2.05) is 12.1 Å². The summed E-state index contributed by atoms with van der Waals surface area (Å²) in [5.41, 5.74) is 1.09. The molecule has 2 amide bonds. The van der Waals surface area contributed by atoms with Gasteiger partial charge < -0.3 is 15.4 Å². The number of hydrogen-bond donors (Lipinski definition) is 2. The minimum atomic E-state index is -0.226. The van der Waals surface area contributed by atoms with Crippen LogP contribution in [0.2, 0.25) is 0 Å². The lowest BCUT2D eigenvalue weighted by molar-refractivity contribution is 0.129. The molecule has 0 unspecified atom stereocenters. The lowest BCUT2D eigenvalue weighted by Crippen LogP contribution is -2.40. The molecule has 4 nitrogen and oxygen atoms in total. The van der Waals surface area contributed by atoms with Crippen LogP contribution < -0.4 is 10.6 Å². The maximum absolute atomic E-state index is 13.0. The minimum Gasteiger partial charge on any atom is -0.381 e. The molecule has 0 aliphatic heterocycles. The predicted octanol–water partition coefficient (Wildman–Crippen LogP) is 3.36. The van der Waals surface area contributed by atoms with Crippen molar-refractivity contribution in [1.82, 2.24) is 10.6 Å². The number of halogens is 1. The van der Waals surface area contributed by atoms with E-state index < -0.39 is 0 Å². The second kappa shape index (κ2) is 8.87. The van der Waals surface area contributed by atoms with E-state index in [9.17, 15) is 9.18 Å². The van der Waals surface area contributed by atoms with Gasteiger partial charge in [0.1, 0.15) is 5.82 Å². The Kier molecular flexibility index (Phi) is 6.84. The highest BCUT2D eigenvalue weighted by Crippen LogP contribution is 2.47. The van der Waals surface area contributed by atoms with Crippen LogP contribution in [0.5, 0.6) is 0 Å². The molecule has 1 aromatic rings. The minimum absolute atomic E-state index is 0.00565. The van der Waals surface area contributed by atoms with E-state index in [-0.39, 0.29) is 17.3 Å². The Morgan fingerprint density at radius 3 is 2.52 bits per heavy atom. The number of carbonyl (C=O) groups is 1. The van der Waals surface area contributed by atoms with Crippen molar-refractivity contribution in [3.63, 3.8) is 0 Å². The first-order chi connectivity index (χ1) is 11.2. The fourth-order valence-corrected chi connectivity index (χ4v) is 2.56. The average molecular weight is 322 g/mol. The summed E-state index contributed by atoms with van der Waals surface area (Å²) in [7, 11) is 0. The van der Waals surface area contributed by atoms with Crippen molar-refractivity contribution in [1.29, 1.82) is 0 Å². The monoisotopic (exact) mass is 322 g/mol. The van der Waals surface area contributed by atoms with Gasteiger partial charge in [-0.1, -0.05) is 25.5 Å². The van der Waals surface area contributed by atoms with Gasteiger partial charge in [-0.2, -0.15) is 0 Å². The van der Waals surface area contributed by atoms with E-state index in [0.29, 0.717) is 19.7 Å². The summed E-state index contributed by atoms with van der Waals surface area (Å²) in [5, 5.41) is 5.77. The number of nitrogens with one attached hydrogen (secondary N) is 2. The van der Waals surface area contributed by atoms with E-state index >= 15 is 0 Å². The molecule has 0 spiro atoms. The van der Waals surface area contributed by atoms with Gasteiger partial charge in [-0.3, -0.25) is 0 Å². The zero-order chi connectivity index (χ0) is 16.5. The van der Waals surface area contributed by atoms with Crippen molar-refractivity contribution in [2.24, 2.45) is 0 Å². The molecule has 0 aromatic heterocycles. The van der Waals surface area contributed by atoms with Gasteiger partial charge in [-0.25, -0.2) is 9.18 Å². The first-order valence-electron chi connectivity index (χ1n) is 8.52. The molecule has 1 fully saturated rings. The first-order valence-corrected chi connectivity index (χ1v) is 8.52. The number of ether oxygens (including phenoxy) is 1. The summed E-state index contributed by atoms with van der Waals surface area (Å²) in [5.74, 6) is -0.226. The van der Waals surface area contributed by atoms with Crippen molar-refractivity contribution in [2.75, 3.05) is 26.3 Å². The van der Waals surface area contributed by atoms with Gasteiger partial charge in [0.25, 0.3) is 0 Å². The third-order valence-electron chi connectivity index (χ3n) is 4.29. The number of carbonyl (C=O) groups excluding carboxylic acids is 1. The van der Waals surface area contributed by atoms with Crippen LogP contribution in [0.25, 0.3) is 0 Å². The molecule has 2 N–H and O–H groups in total. The average Bonchev–Trinajstić information content (AvgIpc) is 3.34. The topological polar surface area (TPSA) is 50.4 Å². The van der Waals surface area contributed by atoms with Crippen molar-refractivity contribution in [3.05, 3.63) is 35.6 Å². The van der Waals surface area contributed by atoms with Crippen molar-refractivity contribution < 1.29 is 13.9 Å². The van der Waals surface area contributed by atoms with E-state index in [1.165, 1.54) is 12.1 Å². The SMILES string of the molecule is CCCCOCCCNC(=O)NCC1(c2ccc(F)cc2)CC1. The molecule has 0 bridgehead atoms. The number of benzene rings is 1. The number of amides is 2. The molecule has 0 saturated heterocycles. The standard InChI is InChI=1S/C18H27FN2O2/c1-2-3-12-23-13-4-11-20-17(22)21-14-18(9-10-18)15-5-7-16(19)8-6-15/h5-8H,2-4,9-14H2,1H3,(H2,20,21,22). The van der Waals surface area contributed by atoms with Crippen molar-refractivity contribution in [3.8, 4) is 0 Å². The highest BCUT2D eigenvalue weighted by atomic mass is 19.1. The molecule has 1 aliphatic carbocycles. The van der Waals surface area contributed by atoms with E-state index in [2.05, 4.69) is 17.6 Å². The fourth-order valence-electron chi connectivity index (χ4n) is 2.56. The maximum atomic E-state index is 13.0. The summed E-state index contributed by atoms with van der Waals surface area (Å²) in [6, 6.07) is 6.44. The molecular formula is C18H27FN2O2. The quantitative estimate of drug-likeness (QED) is 0.649. The largest absolute Gasteiger partial charge is 0.381 e. The van der Waals surface area contributed by atoms with Crippen LogP contribution in [0, 0.1) is 5.82 Å². The first kappa shape index (κ1) is 17.7. The normalized spacial score (nSPS) is 15.2. The molecule has 128 valence electrons. The summed E-state index contributed by atoms with van der Waals surface area (Å²) < 4.78 is 18.4. The van der Waals surface area contributed by atoms with Gasteiger partial charge in [-0.15, -0.1) is 0 Å². The Hall–Kier alpha value is -1.62. The second-order valence-electron chi connectivity index (χ2n) is 6.22. The van der Waals surface area contributed by atoms with E-state index in [1.54, 1.807) is 0 Å². The molecular weight excluding hydrogens is 295 g/mol. The molecule has 0 heterocycles. The number of urea groups is 1. The summed E-state index contributed by atoms with van der Waals surface area (Å²) >= 11 is 0. The molecule has 1 aromatic carbocycles. The van der Waals surface area contributed by atoms with Gasteiger partial charge in [0.05, 0.1) is 0 Å². The van der Waals surface area contributed by atoms with Crippen LogP contribution >= 0.6 is 0 Å². The van der Waals surface area contributed by atoms with Crippen LogP contribution in [-0.2, 0) is 10.2 Å². The third-order valence-corrected chi connectivity index (χ3v) is 4.29. The molecule has 0 radical (unpaired) electrons. The second-order valence-corrected chi connectivity index (χ2v) is 6.22. The summed E-state index contributed by atoms with van der Waals surface area (Å²) in [4.78, 5) is 11.8. The van der Waals surface area contributed by atoms with Gasteiger partial charge in [-0.05, 0) is 43.4 Å². The lowest BCUT2D eigenvalue weighted by Gasteiger charge is -2.17. The smallest absolute Gasteiger partial charge is 0.314 e. The molecule has 23 heavy (non-hydrogen) atoms. The Morgan fingerprint density at radius 2 is 1.87 bits per heavy atom. The Balaban J connectivity index is 1.60. The number of unbranched alkanes of at least 4 members (excludes halogenated alkanes) is 1. The summed E-state index contributed by atoms with van der Waals surface area (Å²) in [6.07, 6.45) is 5.10. The van der Waals surface area contributed by atoms with Gasteiger partial charge in [0.15, 0.2) is 0 Å². The number of rotatable bonds is 10. The molecule has 5 heteroatoms. The lowest BCUT2D eigenvalue weighted by atomic mass is 9.96. The van der Waals surface area contributed by atoms with Crippen LogP contribution in [0.3, 0.4) is 0 Å². The van der Waals surface area contributed by atoms with Crippen LogP contribution in [0.1, 0.15) is 44.6 Å².